The van der Waals surface area contributed by atoms with Crippen LogP contribution in [0.15, 0.2) is 115 Å². The van der Waals surface area contributed by atoms with Gasteiger partial charge in [0.2, 0.25) is 0 Å². The van der Waals surface area contributed by atoms with E-state index in [1.54, 1.807) is 12.1 Å². The van der Waals surface area contributed by atoms with Crippen molar-refractivity contribution in [3.8, 4) is 18.1 Å². The highest BCUT2D eigenvalue weighted by atomic mass is 16.7. The fraction of sp³-hybridized carbons (Fsp3) is 0.308. The minimum atomic E-state index is -0.844. The van der Waals surface area contributed by atoms with E-state index in [-0.39, 0.29) is 25.8 Å². The Hall–Kier alpha value is -4.33. The molecule has 0 amide bonds. The minimum Gasteiger partial charge on any atom is -0.427 e. The number of ether oxygens (including phenoxy) is 7. The molecule has 0 aromatic heterocycles. The van der Waals surface area contributed by atoms with E-state index in [9.17, 15) is 4.79 Å². The number of hydrogen-bond acceptors (Lipinski definition) is 8. The lowest BCUT2D eigenvalue weighted by Crippen LogP contribution is -2.61. The molecule has 0 aliphatic carbocycles. The zero-order chi connectivity index (χ0) is 32.7. The van der Waals surface area contributed by atoms with Gasteiger partial charge in [0.1, 0.15) is 36.8 Å². The molecule has 1 saturated heterocycles. The molecule has 1 heterocycles. The first-order valence-corrected chi connectivity index (χ1v) is 15.6. The molecule has 5 atom stereocenters. The van der Waals surface area contributed by atoms with Gasteiger partial charge in [0.15, 0.2) is 6.29 Å². The Bertz CT molecular complexity index is 1520. The highest BCUT2D eigenvalue weighted by Gasteiger charge is 2.49. The Morgan fingerprint density at radius 2 is 1.11 bits per heavy atom. The summed E-state index contributed by atoms with van der Waals surface area (Å²) < 4.78 is 43.9. The summed E-state index contributed by atoms with van der Waals surface area (Å²) in [6.07, 6.45) is 2.21. The molecule has 4 aromatic carbocycles. The number of carbonyl (C=O) groups is 1. The van der Waals surface area contributed by atoms with Crippen LogP contribution < -0.4 is 4.74 Å². The van der Waals surface area contributed by atoms with Gasteiger partial charge >= 0.3 is 5.97 Å². The molecule has 1 aliphatic heterocycles. The van der Waals surface area contributed by atoms with Crippen LogP contribution in [0.4, 0.5) is 0 Å². The monoisotopic (exact) mass is 636 g/mol. The van der Waals surface area contributed by atoms with Gasteiger partial charge < -0.3 is 33.2 Å². The lowest BCUT2D eigenvalue weighted by molar-refractivity contribution is -0.330. The number of rotatable bonds is 16. The van der Waals surface area contributed by atoms with Gasteiger partial charge in [-0.2, -0.15) is 0 Å². The number of esters is 1. The normalized spacial score (nSPS) is 20.7. The molecule has 5 rings (SSSR count). The van der Waals surface area contributed by atoms with Crippen molar-refractivity contribution in [2.75, 3.05) is 13.2 Å². The van der Waals surface area contributed by atoms with Crippen LogP contribution in [0, 0.1) is 12.3 Å². The molecule has 0 N–H and O–H groups in total. The topological polar surface area (TPSA) is 81.7 Å². The van der Waals surface area contributed by atoms with E-state index >= 15 is 0 Å². The number of benzene rings is 4. The molecule has 0 spiro atoms. The molecule has 0 radical (unpaired) electrons. The van der Waals surface area contributed by atoms with Gasteiger partial charge in [0, 0.05) is 6.92 Å². The maximum Gasteiger partial charge on any atom is 0.308 e. The summed E-state index contributed by atoms with van der Waals surface area (Å²) in [5.74, 6) is 2.60. The van der Waals surface area contributed by atoms with Crippen LogP contribution in [0.25, 0.3) is 0 Å². The van der Waals surface area contributed by atoms with Crippen molar-refractivity contribution in [1.29, 1.82) is 0 Å². The lowest BCUT2D eigenvalue weighted by Gasteiger charge is -2.45. The Morgan fingerprint density at radius 3 is 1.62 bits per heavy atom. The zero-order valence-electron chi connectivity index (χ0n) is 26.4. The number of carbonyl (C=O) groups excluding carboxylic acids is 1. The van der Waals surface area contributed by atoms with Gasteiger partial charge in [-0.05, 0) is 34.4 Å². The maximum atomic E-state index is 11.4. The van der Waals surface area contributed by atoms with E-state index in [0.717, 1.165) is 22.3 Å². The molecule has 4 aromatic rings. The Labute approximate surface area is 276 Å². The van der Waals surface area contributed by atoms with Gasteiger partial charge in [0.25, 0.3) is 0 Å². The third-order valence-corrected chi connectivity index (χ3v) is 7.51. The molecule has 1 fully saturated rings. The second-order valence-electron chi connectivity index (χ2n) is 11.1. The first-order valence-electron chi connectivity index (χ1n) is 15.6. The number of hydrogen-bond donors (Lipinski definition) is 0. The van der Waals surface area contributed by atoms with E-state index < -0.39 is 30.7 Å². The molecule has 0 saturated carbocycles. The van der Waals surface area contributed by atoms with Gasteiger partial charge in [0.05, 0.1) is 33.0 Å². The first kappa shape index (κ1) is 34.0. The fourth-order valence-corrected chi connectivity index (χ4v) is 5.25. The lowest BCUT2D eigenvalue weighted by atomic mass is 9.97. The average molecular weight is 637 g/mol. The average Bonchev–Trinajstić information content (AvgIpc) is 3.10. The molecule has 244 valence electrons. The van der Waals surface area contributed by atoms with Crippen molar-refractivity contribution in [2.45, 2.75) is 64.1 Å². The Morgan fingerprint density at radius 1 is 0.638 bits per heavy atom. The highest BCUT2D eigenvalue weighted by molar-refractivity contribution is 5.69. The van der Waals surface area contributed by atoms with Crippen LogP contribution in [0.1, 0.15) is 29.2 Å². The van der Waals surface area contributed by atoms with Crippen molar-refractivity contribution < 1.29 is 38.0 Å². The van der Waals surface area contributed by atoms with Crippen molar-refractivity contribution in [3.63, 3.8) is 0 Å². The SMILES string of the molecule is C#CCOC[C@H]1OC(OCc2ccc(OC(C)=O)cc2)[C@H](OCc2ccccc2)[C@@H](OCc2ccccc2)[C@H]1OCc1ccccc1. The third-order valence-electron chi connectivity index (χ3n) is 7.51. The Balaban J connectivity index is 1.43. The summed E-state index contributed by atoms with van der Waals surface area (Å²) >= 11 is 0. The van der Waals surface area contributed by atoms with Crippen LogP contribution in [0.5, 0.6) is 5.75 Å². The van der Waals surface area contributed by atoms with Crippen molar-refractivity contribution in [2.24, 2.45) is 0 Å². The van der Waals surface area contributed by atoms with Crippen LogP contribution in [-0.2, 0) is 59.6 Å². The van der Waals surface area contributed by atoms with Crippen LogP contribution in [0.2, 0.25) is 0 Å². The summed E-state index contributed by atoms with van der Waals surface area (Å²) in [6.45, 7) is 2.81. The predicted molar refractivity (Wildman–Crippen MR) is 176 cm³/mol. The van der Waals surface area contributed by atoms with Gasteiger partial charge in [-0.15, -0.1) is 6.42 Å². The van der Waals surface area contributed by atoms with Crippen LogP contribution in [0.3, 0.4) is 0 Å². The smallest absolute Gasteiger partial charge is 0.308 e. The molecule has 1 unspecified atom stereocenters. The van der Waals surface area contributed by atoms with E-state index in [1.165, 1.54) is 6.92 Å². The summed E-state index contributed by atoms with van der Waals surface area (Å²) in [5.41, 5.74) is 3.87. The van der Waals surface area contributed by atoms with E-state index in [1.807, 2.05) is 103 Å². The molecule has 47 heavy (non-hydrogen) atoms. The predicted octanol–water partition coefficient (Wildman–Crippen LogP) is 6.26. The van der Waals surface area contributed by atoms with Gasteiger partial charge in [-0.3, -0.25) is 4.79 Å². The van der Waals surface area contributed by atoms with Crippen LogP contribution in [-0.4, -0.2) is 49.9 Å². The van der Waals surface area contributed by atoms with Crippen molar-refractivity contribution in [3.05, 3.63) is 138 Å². The van der Waals surface area contributed by atoms with E-state index in [2.05, 4.69) is 5.92 Å². The summed E-state index contributed by atoms with van der Waals surface area (Å²) in [4.78, 5) is 11.4. The fourth-order valence-electron chi connectivity index (χ4n) is 5.25. The van der Waals surface area contributed by atoms with E-state index in [0.29, 0.717) is 25.6 Å². The van der Waals surface area contributed by atoms with Crippen molar-refractivity contribution >= 4 is 5.97 Å². The largest absolute Gasteiger partial charge is 0.427 e. The summed E-state index contributed by atoms with van der Waals surface area (Å²) in [5, 5.41) is 0. The minimum absolute atomic E-state index is 0.120. The number of terminal acetylenes is 1. The van der Waals surface area contributed by atoms with Gasteiger partial charge in [-0.25, -0.2) is 0 Å². The molecule has 0 bridgehead atoms. The quantitative estimate of drug-likeness (QED) is 0.0617. The second-order valence-corrected chi connectivity index (χ2v) is 11.1. The first-order chi connectivity index (χ1) is 23.1. The van der Waals surface area contributed by atoms with Crippen molar-refractivity contribution in [1.82, 2.24) is 0 Å². The highest BCUT2D eigenvalue weighted by Crippen LogP contribution is 2.32. The molecular weight excluding hydrogens is 596 g/mol. The molecule has 8 heteroatoms. The summed E-state index contributed by atoms with van der Waals surface area (Å²) in [6, 6.07) is 36.9. The molecule has 8 nitrogen and oxygen atoms in total. The zero-order valence-corrected chi connectivity index (χ0v) is 26.4. The molecule has 1 aliphatic rings. The van der Waals surface area contributed by atoms with E-state index in [4.69, 9.17) is 39.6 Å². The Kier molecular flexibility index (Phi) is 13.1. The standard InChI is InChI=1S/C39H40O8/c1-3-23-41-28-35-36(42-24-30-13-7-4-8-14-30)37(43-25-31-15-9-5-10-16-31)38(44-26-32-17-11-6-12-18-32)39(47-35)45-27-33-19-21-34(22-20-33)46-29(2)40/h1,4-22,35-39H,23-28H2,2H3/t35-,36+,37+,38-,39?/m1/s1. The third kappa shape index (κ3) is 10.6. The van der Waals surface area contributed by atoms with Gasteiger partial charge in [-0.1, -0.05) is 109 Å². The molecular formula is C39H40O8. The van der Waals surface area contributed by atoms with Crippen LogP contribution >= 0.6 is 0 Å². The maximum absolute atomic E-state index is 11.4. The summed E-state index contributed by atoms with van der Waals surface area (Å²) in [7, 11) is 0. The second kappa shape index (κ2) is 18.1.